The lowest BCUT2D eigenvalue weighted by Gasteiger charge is -2.39. The highest BCUT2D eigenvalue weighted by atomic mass is 16.2. The van der Waals surface area contributed by atoms with Gasteiger partial charge in [-0.25, -0.2) is 4.98 Å². The van der Waals surface area contributed by atoms with E-state index in [1.165, 1.54) is 32.4 Å². The topological polar surface area (TPSA) is 164 Å². The van der Waals surface area contributed by atoms with E-state index < -0.39 is 23.8 Å². The predicted octanol–water partition coefficient (Wildman–Crippen LogP) is 3.75. The first-order valence-corrected chi connectivity index (χ1v) is 20.3. The second-order valence-electron chi connectivity index (χ2n) is 16.2. The number of nitrogens with two attached hydrogens (primary N) is 1. The van der Waals surface area contributed by atoms with E-state index in [2.05, 4.69) is 41.2 Å². The van der Waals surface area contributed by atoms with E-state index in [0.29, 0.717) is 17.0 Å². The Morgan fingerprint density at radius 2 is 1.50 bits per heavy atom. The molecule has 4 N–H and O–H groups in total. The van der Waals surface area contributed by atoms with Crippen LogP contribution >= 0.6 is 0 Å². The number of nitrogens with zero attached hydrogens (tertiary/aromatic N) is 7. The smallest absolute Gasteiger partial charge is 0.262 e. The largest absolute Gasteiger partial charge is 0.399 e. The molecule has 9 rings (SSSR count). The number of carbonyl (C=O) groups is 4. The normalized spacial score (nSPS) is 22.0. The van der Waals surface area contributed by atoms with Crippen LogP contribution in [-0.4, -0.2) is 125 Å². The second-order valence-corrected chi connectivity index (χ2v) is 16.2. The lowest BCUT2D eigenvalue weighted by atomic mass is 9.90. The summed E-state index contributed by atoms with van der Waals surface area (Å²) in [4.78, 5) is 66.2. The summed E-state index contributed by atoms with van der Waals surface area (Å²) in [5, 5.41) is 11.0. The zero-order valence-corrected chi connectivity index (χ0v) is 31.8. The molecule has 1 atom stereocenters. The summed E-state index contributed by atoms with van der Waals surface area (Å²) >= 11 is 0. The van der Waals surface area contributed by atoms with Gasteiger partial charge >= 0.3 is 0 Å². The van der Waals surface area contributed by atoms with Gasteiger partial charge in [-0.3, -0.25) is 39.4 Å². The van der Waals surface area contributed by atoms with E-state index in [-0.39, 0.29) is 18.7 Å². The van der Waals surface area contributed by atoms with Gasteiger partial charge in [-0.2, -0.15) is 5.10 Å². The molecule has 5 aliphatic rings. The molecule has 14 heteroatoms. The summed E-state index contributed by atoms with van der Waals surface area (Å²) in [5.41, 5.74) is 11.3. The predicted molar refractivity (Wildman–Crippen MR) is 214 cm³/mol. The average molecular weight is 759 g/mol. The number of piperazine rings is 1. The number of carbonyl (C=O) groups excluding carboxylic acids is 4. The molecule has 4 fully saturated rings. The van der Waals surface area contributed by atoms with E-state index in [0.717, 1.165) is 115 Å². The zero-order chi connectivity index (χ0) is 38.3. The number of H-pyrrole nitrogens is 1. The second kappa shape index (κ2) is 15.3. The minimum absolute atomic E-state index is 0.111. The van der Waals surface area contributed by atoms with Gasteiger partial charge in [0, 0.05) is 80.8 Å². The number of rotatable bonds is 9. The number of hydrogen-bond acceptors (Lipinski definition) is 11. The third kappa shape index (κ3) is 7.23. The van der Waals surface area contributed by atoms with Gasteiger partial charge in [0.2, 0.25) is 11.8 Å². The van der Waals surface area contributed by atoms with Gasteiger partial charge in [-0.15, -0.1) is 0 Å². The molecule has 14 nitrogen and oxygen atoms in total. The van der Waals surface area contributed by atoms with Gasteiger partial charge in [-0.1, -0.05) is 0 Å². The quantitative estimate of drug-likeness (QED) is 0.168. The van der Waals surface area contributed by atoms with Crippen molar-refractivity contribution in [1.82, 2.24) is 35.2 Å². The lowest BCUT2D eigenvalue weighted by molar-refractivity contribution is -0.136. The number of piperidine rings is 3. The molecule has 0 radical (unpaired) electrons. The molecule has 7 heterocycles. The number of likely N-dealkylation sites (tertiary alicyclic amines) is 1. The molecule has 0 saturated carbocycles. The number of aromatic amines is 1. The maximum absolute atomic E-state index is 13.3. The van der Waals surface area contributed by atoms with Crippen molar-refractivity contribution < 1.29 is 19.2 Å². The Morgan fingerprint density at radius 3 is 2.29 bits per heavy atom. The lowest BCUT2D eigenvalue weighted by Crippen LogP contribution is -2.54. The van der Waals surface area contributed by atoms with E-state index in [9.17, 15) is 19.2 Å². The molecular formula is C42H50N10O4. The number of nitrogens with one attached hydrogen (secondary N) is 2. The molecule has 1 unspecified atom stereocenters. The molecule has 292 valence electrons. The highest BCUT2D eigenvalue weighted by molar-refractivity contribution is 6.23. The summed E-state index contributed by atoms with van der Waals surface area (Å²) in [5.74, 6) is 0.546. The monoisotopic (exact) mass is 758 g/mol. The molecule has 0 spiro atoms. The van der Waals surface area contributed by atoms with Crippen molar-refractivity contribution in [3.8, 4) is 11.3 Å². The third-order valence-electron chi connectivity index (χ3n) is 12.8. The Labute approximate surface area is 326 Å². The highest BCUT2D eigenvalue weighted by Gasteiger charge is 2.45. The molecule has 5 aliphatic heterocycles. The first kappa shape index (κ1) is 36.3. The number of amides is 4. The van der Waals surface area contributed by atoms with Crippen LogP contribution in [0.3, 0.4) is 0 Å². The van der Waals surface area contributed by atoms with Gasteiger partial charge in [0.25, 0.3) is 11.8 Å². The summed E-state index contributed by atoms with van der Waals surface area (Å²) in [6.07, 6.45) is 8.12. The fraction of sp³-hybridized carbons (Fsp3) is 0.476. The molecule has 2 aromatic carbocycles. The molecule has 0 bridgehead atoms. The van der Waals surface area contributed by atoms with Crippen LogP contribution in [0, 0.1) is 11.8 Å². The van der Waals surface area contributed by atoms with Crippen molar-refractivity contribution in [2.75, 3.05) is 81.0 Å². The Balaban J connectivity index is 0.695. The van der Waals surface area contributed by atoms with Crippen LogP contribution in [0.5, 0.6) is 0 Å². The number of pyridine rings is 1. The molecule has 4 saturated heterocycles. The number of nitrogen functional groups attached to an aromatic ring is 1. The van der Waals surface area contributed by atoms with Crippen LogP contribution in [0.1, 0.15) is 65.7 Å². The van der Waals surface area contributed by atoms with Crippen LogP contribution in [-0.2, 0) is 9.59 Å². The molecular weight excluding hydrogens is 709 g/mol. The SMILES string of the molecule is Nc1ccc2[nH]nc(-c3ccnc(N4CCN(CCC5CCN(CC6CCN(c7ccc8c(c7)C(=O)N(C7CCC(=O)NC7=O)C8=O)CC6)CC5)CC4)c3)c2c1. The molecule has 2 aromatic heterocycles. The van der Waals surface area contributed by atoms with Crippen LogP contribution in [0.25, 0.3) is 22.2 Å². The van der Waals surface area contributed by atoms with Crippen LogP contribution in [0.2, 0.25) is 0 Å². The fourth-order valence-corrected chi connectivity index (χ4v) is 9.41. The molecule has 56 heavy (non-hydrogen) atoms. The van der Waals surface area contributed by atoms with Crippen LogP contribution in [0.4, 0.5) is 17.2 Å². The van der Waals surface area contributed by atoms with Crippen molar-refractivity contribution in [3.05, 3.63) is 65.9 Å². The summed E-state index contributed by atoms with van der Waals surface area (Å²) in [7, 11) is 0. The number of aromatic nitrogens is 3. The molecule has 4 aromatic rings. The Morgan fingerprint density at radius 1 is 0.732 bits per heavy atom. The van der Waals surface area contributed by atoms with Crippen molar-refractivity contribution in [3.63, 3.8) is 0 Å². The van der Waals surface area contributed by atoms with Gasteiger partial charge < -0.3 is 20.4 Å². The number of hydrogen-bond donors (Lipinski definition) is 3. The average Bonchev–Trinajstić information content (AvgIpc) is 3.75. The van der Waals surface area contributed by atoms with Gasteiger partial charge in [0.1, 0.15) is 17.6 Å². The van der Waals surface area contributed by atoms with E-state index >= 15 is 0 Å². The minimum atomic E-state index is -0.948. The summed E-state index contributed by atoms with van der Waals surface area (Å²) in [6, 6.07) is 14.5. The van der Waals surface area contributed by atoms with Crippen LogP contribution < -0.4 is 20.9 Å². The summed E-state index contributed by atoms with van der Waals surface area (Å²) < 4.78 is 0. The molecule has 0 aliphatic carbocycles. The Bertz CT molecular complexity index is 2150. The van der Waals surface area contributed by atoms with Crippen molar-refractivity contribution in [1.29, 1.82) is 0 Å². The first-order valence-electron chi connectivity index (χ1n) is 20.3. The number of imide groups is 2. The van der Waals surface area contributed by atoms with E-state index in [4.69, 9.17) is 10.7 Å². The standard InChI is InChI=1S/C42H50N10O4/c43-30-1-4-35-34(24-30)39(47-46-35)29-7-13-44-37(23-29)51-21-19-48(20-22-51)14-8-27-9-15-49(16-10-27)26-28-11-17-50(18-12-28)31-2-3-32-33(25-31)42(56)52(41(32)55)36-5-6-38(53)45-40(36)54/h1-4,7,13,23-25,27-28,36H,5-6,8-12,14-22,26,43H2,(H,46,47)(H,45,53,54). The Kier molecular flexibility index (Phi) is 9.92. The maximum Gasteiger partial charge on any atom is 0.262 e. The number of benzene rings is 2. The van der Waals surface area contributed by atoms with Gasteiger partial charge in [-0.05, 0) is 119 Å². The minimum Gasteiger partial charge on any atom is -0.399 e. The highest BCUT2D eigenvalue weighted by Crippen LogP contribution is 2.34. The Hall–Kier alpha value is -5.34. The van der Waals surface area contributed by atoms with Crippen molar-refractivity contribution in [2.24, 2.45) is 11.8 Å². The molecule has 4 amide bonds. The van der Waals surface area contributed by atoms with Crippen molar-refractivity contribution in [2.45, 2.75) is 51.0 Å². The van der Waals surface area contributed by atoms with E-state index in [1.807, 2.05) is 42.6 Å². The van der Waals surface area contributed by atoms with E-state index in [1.54, 1.807) is 6.07 Å². The van der Waals surface area contributed by atoms with Crippen LogP contribution in [0.15, 0.2) is 54.7 Å². The summed E-state index contributed by atoms with van der Waals surface area (Å²) in [6.45, 7) is 10.5. The maximum atomic E-state index is 13.3. The van der Waals surface area contributed by atoms with Gasteiger partial charge in [0.15, 0.2) is 0 Å². The third-order valence-corrected chi connectivity index (χ3v) is 12.8. The van der Waals surface area contributed by atoms with Crippen molar-refractivity contribution >= 4 is 51.7 Å². The first-order chi connectivity index (χ1) is 27.3. The number of anilines is 3. The zero-order valence-electron chi connectivity index (χ0n) is 31.8. The fourth-order valence-electron chi connectivity index (χ4n) is 9.41. The van der Waals surface area contributed by atoms with Gasteiger partial charge in [0.05, 0.1) is 16.6 Å². The number of fused-ring (bicyclic) bond motifs is 2.